The van der Waals surface area contributed by atoms with Crippen LogP contribution in [-0.4, -0.2) is 44.4 Å². The molecule has 0 N–H and O–H groups in total. The van der Waals surface area contributed by atoms with Gasteiger partial charge in [0.2, 0.25) is 0 Å². The van der Waals surface area contributed by atoms with E-state index < -0.39 is 5.92 Å². The van der Waals surface area contributed by atoms with E-state index in [0.717, 1.165) is 16.2 Å². The van der Waals surface area contributed by atoms with Crippen LogP contribution in [0.25, 0.3) is 32.9 Å². The highest BCUT2D eigenvalue weighted by molar-refractivity contribution is 6.02. The minimum absolute atomic E-state index is 0.0476. The summed E-state index contributed by atoms with van der Waals surface area (Å²) in [5.74, 6) is -2.95. The minimum Gasteiger partial charge on any atom is -0.338 e. The number of amides is 1. The third-order valence-corrected chi connectivity index (χ3v) is 6.00. The highest BCUT2D eigenvalue weighted by atomic mass is 19.3. The van der Waals surface area contributed by atoms with Gasteiger partial charge in [0, 0.05) is 62.5 Å². The zero-order chi connectivity index (χ0) is 22.5. The van der Waals surface area contributed by atoms with E-state index in [1.165, 1.54) is 9.47 Å². The number of nitrogens with zero attached hydrogens (tertiary/aromatic N) is 4. The summed E-state index contributed by atoms with van der Waals surface area (Å²) in [6.07, 6.45) is 4.29. The monoisotopic (exact) mass is 434 g/mol. The van der Waals surface area contributed by atoms with Crippen LogP contribution in [0.3, 0.4) is 0 Å². The normalized spacial score (nSPS) is 15.9. The Morgan fingerprint density at radius 3 is 2.53 bits per heavy atom. The van der Waals surface area contributed by atoms with Gasteiger partial charge in [-0.05, 0) is 41.1 Å². The first kappa shape index (κ1) is 20.2. The van der Waals surface area contributed by atoms with Crippen molar-refractivity contribution in [2.24, 2.45) is 7.05 Å². The van der Waals surface area contributed by atoms with Crippen molar-refractivity contribution in [3.05, 3.63) is 70.9 Å². The van der Waals surface area contributed by atoms with Crippen LogP contribution < -0.4 is 5.56 Å². The summed E-state index contributed by atoms with van der Waals surface area (Å²) in [6, 6.07) is 10.7. The van der Waals surface area contributed by atoms with Gasteiger partial charge in [0.15, 0.2) is 0 Å². The van der Waals surface area contributed by atoms with E-state index in [-0.39, 0.29) is 37.4 Å². The van der Waals surface area contributed by atoms with Gasteiger partial charge in [-0.2, -0.15) is 0 Å². The number of alkyl halides is 2. The fourth-order valence-electron chi connectivity index (χ4n) is 4.10. The lowest BCUT2D eigenvalue weighted by molar-refractivity contribution is -0.0494. The van der Waals surface area contributed by atoms with Gasteiger partial charge in [-0.15, -0.1) is 0 Å². The molecule has 0 radical (unpaired) electrons. The van der Waals surface area contributed by atoms with E-state index in [0.29, 0.717) is 22.3 Å². The smallest absolute Gasteiger partial charge is 0.259 e. The maximum Gasteiger partial charge on any atom is 0.259 e. The summed E-state index contributed by atoms with van der Waals surface area (Å²) in [5.41, 5.74) is 1.59. The second-order valence-electron chi connectivity index (χ2n) is 8.13. The molecule has 1 amide bonds. The van der Waals surface area contributed by atoms with Crippen molar-refractivity contribution in [1.82, 2.24) is 19.4 Å². The van der Waals surface area contributed by atoms with Gasteiger partial charge in [0.1, 0.15) is 0 Å². The number of aromatic nitrogens is 3. The number of hydrogen-bond donors (Lipinski definition) is 0. The van der Waals surface area contributed by atoms with Crippen molar-refractivity contribution in [3.8, 4) is 11.4 Å². The Kier molecular flexibility index (Phi) is 4.73. The summed E-state index contributed by atoms with van der Waals surface area (Å²) in [7, 11) is 1.69. The van der Waals surface area contributed by atoms with Gasteiger partial charge in [0.05, 0.1) is 16.8 Å². The van der Waals surface area contributed by atoms with Crippen LogP contribution in [-0.2, 0) is 7.05 Å². The Labute approximate surface area is 182 Å². The molecule has 4 aromatic rings. The lowest BCUT2D eigenvalue weighted by atomic mass is 10.0. The fourth-order valence-corrected chi connectivity index (χ4v) is 4.10. The van der Waals surface area contributed by atoms with Crippen LogP contribution in [0.5, 0.6) is 0 Å². The Morgan fingerprint density at radius 1 is 1.00 bits per heavy atom. The van der Waals surface area contributed by atoms with Crippen molar-refractivity contribution >= 4 is 27.5 Å². The lowest BCUT2D eigenvalue weighted by Crippen LogP contribution is -2.42. The van der Waals surface area contributed by atoms with Gasteiger partial charge >= 0.3 is 0 Å². The summed E-state index contributed by atoms with van der Waals surface area (Å²) in [6.45, 7) is 0.0951. The summed E-state index contributed by atoms with van der Waals surface area (Å²) in [5, 5.41) is 2.91. The molecule has 3 aromatic heterocycles. The predicted octanol–water partition coefficient (Wildman–Crippen LogP) is 4.02. The number of aryl methyl sites for hydroxylation is 1. The van der Waals surface area contributed by atoms with Crippen LogP contribution in [0.4, 0.5) is 8.78 Å². The quantitative estimate of drug-likeness (QED) is 0.478. The standard InChI is InChI=1S/C24H20F2N4O2/c1-29-9-5-16-13-20(28-14-19(16)23(29)32)21-18-3-2-17(12-15(18)4-8-27-21)22(31)30-10-6-24(25,26)7-11-30/h2-5,8-9,12-14H,6-7,10-11H2,1H3. The molecule has 1 saturated heterocycles. The van der Waals surface area contributed by atoms with Gasteiger partial charge in [-0.3, -0.25) is 19.6 Å². The molecule has 6 nitrogen and oxygen atoms in total. The zero-order valence-electron chi connectivity index (χ0n) is 17.4. The highest BCUT2D eigenvalue weighted by Gasteiger charge is 2.35. The molecule has 162 valence electrons. The largest absolute Gasteiger partial charge is 0.338 e. The van der Waals surface area contributed by atoms with Crippen molar-refractivity contribution in [1.29, 1.82) is 0 Å². The average molecular weight is 434 g/mol. The Balaban J connectivity index is 1.51. The molecule has 1 aromatic carbocycles. The van der Waals surface area contributed by atoms with Crippen molar-refractivity contribution < 1.29 is 13.6 Å². The Bertz CT molecular complexity index is 1420. The van der Waals surface area contributed by atoms with E-state index in [1.807, 2.05) is 12.1 Å². The third kappa shape index (κ3) is 3.51. The maximum atomic E-state index is 13.4. The van der Waals surface area contributed by atoms with Crippen molar-refractivity contribution in [2.75, 3.05) is 13.1 Å². The first-order valence-electron chi connectivity index (χ1n) is 10.3. The average Bonchev–Trinajstić information content (AvgIpc) is 2.80. The molecular weight excluding hydrogens is 414 g/mol. The number of pyridine rings is 3. The van der Waals surface area contributed by atoms with Crippen LogP contribution in [0.15, 0.2) is 59.8 Å². The van der Waals surface area contributed by atoms with E-state index >= 15 is 0 Å². The van der Waals surface area contributed by atoms with Gasteiger partial charge in [-0.25, -0.2) is 8.78 Å². The van der Waals surface area contributed by atoms with Crippen molar-refractivity contribution in [3.63, 3.8) is 0 Å². The minimum atomic E-state index is -2.70. The van der Waals surface area contributed by atoms with E-state index in [2.05, 4.69) is 9.97 Å². The number of halogens is 2. The third-order valence-electron chi connectivity index (χ3n) is 6.00. The summed E-state index contributed by atoms with van der Waals surface area (Å²) in [4.78, 5) is 35.5. The second-order valence-corrected chi connectivity index (χ2v) is 8.13. The van der Waals surface area contributed by atoms with Crippen LogP contribution in [0.2, 0.25) is 0 Å². The molecule has 8 heteroatoms. The number of benzene rings is 1. The van der Waals surface area contributed by atoms with E-state index in [9.17, 15) is 18.4 Å². The first-order chi connectivity index (χ1) is 15.3. The molecule has 0 bridgehead atoms. The van der Waals surface area contributed by atoms with Gasteiger partial charge in [0.25, 0.3) is 17.4 Å². The SMILES string of the molecule is Cn1ccc2cc(-c3nccc4cc(C(=O)N5CCC(F)(F)CC5)ccc34)ncc2c1=O. The maximum absolute atomic E-state index is 13.4. The number of hydrogen-bond acceptors (Lipinski definition) is 4. The number of carbonyl (C=O) groups is 1. The van der Waals surface area contributed by atoms with Crippen LogP contribution in [0, 0.1) is 0 Å². The van der Waals surface area contributed by atoms with Crippen LogP contribution in [0.1, 0.15) is 23.2 Å². The lowest BCUT2D eigenvalue weighted by Gasteiger charge is -2.31. The Hall–Kier alpha value is -3.68. The number of fused-ring (bicyclic) bond motifs is 2. The molecule has 1 aliphatic heterocycles. The highest BCUT2D eigenvalue weighted by Crippen LogP contribution is 2.30. The second kappa shape index (κ2) is 7.47. The number of piperidine rings is 1. The number of likely N-dealkylation sites (tertiary alicyclic amines) is 1. The number of carbonyl (C=O) groups excluding carboxylic acids is 1. The molecular formula is C24H20F2N4O2. The van der Waals surface area contributed by atoms with Crippen LogP contribution >= 0.6 is 0 Å². The van der Waals surface area contributed by atoms with Gasteiger partial charge in [-0.1, -0.05) is 6.07 Å². The first-order valence-corrected chi connectivity index (χ1v) is 10.3. The zero-order valence-corrected chi connectivity index (χ0v) is 17.4. The van der Waals surface area contributed by atoms with Gasteiger partial charge < -0.3 is 9.47 Å². The molecule has 0 spiro atoms. The van der Waals surface area contributed by atoms with E-state index in [4.69, 9.17) is 0 Å². The molecule has 0 saturated carbocycles. The predicted molar refractivity (Wildman–Crippen MR) is 118 cm³/mol. The topological polar surface area (TPSA) is 68.1 Å². The van der Waals surface area contributed by atoms with Crippen molar-refractivity contribution in [2.45, 2.75) is 18.8 Å². The molecule has 5 rings (SSSR count). The molecule has 0 unspecified atom stereocenters. The summed E-state index contributed by atoms with van der Waals surface area (Å²) < 4.78 is 28.4. The molecule has 1 fully saturated rings. The molecule has 1 aliphatic rings. The molecule has 32 heavy (non-hydrogen) atoms. The Morgan fingerprint density at radius 2 is 1.75 bits per heavy atom. The molecule has 4 heterocycles. The number of rotatable bonds is 2. The molecule has 0 atom stereocenters. The van der Waals surface area contributed by atoms with E-state index in [1.54, 1.807) is 49.9 Å². The molecule has 0 aliphatic carbocycles. The summed E-state index contributed by atoms with van der Waals surface area (Å²) >= 11 is 0. The fraction of sp³-hybridized carbons (Fsp3) is 0.250.